The summed E-state index contributed by atoms with van der Waals surface area (Å²) in [4.78, 5) is 7.08. The van der Waals surface area contributed by atoms with Crippen molar-refractivity contribution in [1.29, 1.82) is 0 Å². The van der Waals surface area contributed by atoms with Crippen LogP contribution in [0.25, 0.3) is 0 Å². The Bertz CT molecular complexity index is 705. The van der Waals surface area contributed by atoms with Crippen molar-refractivity contribution in [2.75, 3.05) is 34.9 Å². The molecule has 6 heteroatoms. The maximum Gasteiger partial charge on any atom is 0.191 e. The van der Waals surface area contributed by atoms with Crippen LogP contribution in [0.4, 0.5) is 0 Å². The zero-order chi connectivity index (χ0) is 21.0. The fourth-order valence-corrected chi connectivity index (χ4v) is 4.79. The lowest BCUT2D eigenvalue weighted by atomic mass is 9.82. The molecule has 162 valence electrons. The first kappa shape index (κ1) is 21.8. The Kier molecular flexibility index (Phi) is 6.93. The molecule has 0 amide bonds. The Balaban J connectivity index is 1.60. The molecule has 2 N–H and O–H groups in total. The van der Waals surface area contributed by atoms with E-state index in [0.717, 1.165) is 24.0 Å². The highest BCUT2D eigenvalue weighted by Crippen LogP contribution is 2.34. The summed E-state index contributed by atoms with van der Waals surface area (Å²) < 4.78 is 10.8. The van der Waals surface area contributed by atoms with Crippen LogP contribution in [0, 0.1) is 0 Å². The molecule has 2 bridgehead atoms. The first-order valence-corrected chi connectivity index (χ1v) is 10.8. The van der Waals surface area contributed by atoms with Crippen LogP contribution in [0.5, 0.6) is 11.5 Å². The Hall–Kier alpha value is -1.95. The van der Waals surface area contributed by atoms with E-state index in [2.05, 4.69) is 53.6 Å². The fourth-order valence-electron chi connectivity index (χ4n) is 4.79. The SMILES string of the molecule is CN=C(NCC(C)(C)c1ccc(OC)c(OC)c1)NC1CC2CCCC(C1)N2C. The zero-order valence-electron chi connectivity index (χ0n) is 18.9. The minimum Gasteiger partial charge on any atom is -0.493 e. The number of benzene rings is 1. The van der Waals surface area contributed by atoms with Crippen LogP contribution in [0.2, 0.25) is 0 Å². The molecule has 2 fully saturated rings. The monoisotopic (exact) mass is 402 g/mol. The molecule has 2 aliphatic rings. The Morgan fingerprint density at radius 2 is 1.79 bits per heavy atom. The highest BCUT2D eigenvalue weighted by Gasteiger charge is 2.36. The molecule has 0 aromatic heterocycles. The molecular weight excluding hydrogens is 364 g/mol. The summed E-state index contributed by atoms with van der Waals surface area (Å²) in [6, 6.07) is 8.06. The van der Waals surface area contributed by atoms with E-state index in [9.17, 15) is 0 Å². The topological polar surface area (TPSA) is 58.1 Å². The first-order chi connectivity index (χ1) is 13.9. The van der Waals surface area contributed by atoms with E-state index < -0.39 is 0 Å². The second-order valence-electron chi connectivity index (χ2n) is 9.10. The number of hydrogen-bond acceptors (Lipinski definition) is 4. The predicted octanol–water partition coefficient (Wildman–Crippen LogP) is 3.16. The molecule has 2 heterocycles. The van der Waals surface area contributed by atoms with Gasteiger partial charge in [-0.05, 0) is 50.4 Å². The van der Waals surface area contributed by atoms with Crippen LogP contribution in [-0.4, -0.2) is 63.8 Å². The van der Waals surface area contributed by atoms with E-state index in [0.29, 0.717) is 18.1 Å². The molecule has 0 radical (unpaired) electrons. The number of rotatable bonds is 6. The van der Waals surface area contributed by atoms with Gasteiger partial charge in [0.15, 0.2) is 17.5 Å². The molecule has 0 saturated carbocycles. The summed E-state index contributed by atoms with van der Waals surface area (Å²) in [6.07, 6.45) is 6.42. The van der Waals surface area contributed by atoms with Crippen LogP contribution in [0.15, 0.2) is 23.2 Å². The van der Waals surface area contributed by atoms with E-state index >= 15 is 0 Å². The number of nitrogens with one attached hydrogen (secondary N) is 2. The largest absolute Gasteiger partial charge is 0.493 e. The molecule has 0 spiro atoms. The van der Waals surface area contributed by atoms with Gasteiger partial charge in [-0.2, -0.15) is 0 Å². The summed E-state index contributed by atoms with van der Waals surface area (Å²) in [6.45, 7) is 5.24. The van der Waals surface area contributed by atoms with Gasteiger partial charge in [0, 0.05) is 37.1 Å². The van der Waals surface area contributed by atoms with Crippen molar-refractivity contribution in [3.05, 3.63) is 23.8 Å². The lowest BCUT2D eigenvalue weighted by Crippen LogP contribution is -2.57. The highest BCUT2D eigenvalue weighted by molar-refractivity contribution is 5.80. The molecule has 6 nitrogen and oxygen atoms in total. The summed E-state index contributed by atoms with van der Waals surface area (Å²) in [7, 11) is 7.49. The predicted molar refractivity (Wildman–Crippen MR) is 119 cm³/mol. The van der Waals surface area contributed by atoms with Crippen molar-refractivity contribution < 1.29 is 9.47 Å². The number of piperidine rings is 2. The van der Waals surface area contributed by atoms with Crippen molar-refractivity contribution in [3.8, 4) is 11.5 Å². The molecule has 2 saturated heterocycles. The van der Waals surface area contributed by atoms with E-state index in [4.69, 9.17) is 9.47 Å². The van der Waals surface area contributed by atoms with Crippen molar-refractivity contribution in [1.82, 2.24) is 15.5 Å². The van der Waals surface area contributed by atoms with Crippen LogP contribution in [0.1, 0.15) is 51.5 Å². The molecule has 1 aromatic rings. The number of aliphatic imine (C=N–C) groups is 1. The van der Waals surface area contributed by atoms with Crippen molar-refractivity contribution >= 4 is 5.96 Å². The molecular formula is C23H38N4O2. The molecule has 2 aliphatic heterocycles. The van der Waals surface area contributed by atoms with E-state index in [1.807, 2.05) is 13.1 Å². The second kappa shape index (κ2) is 9.24. The van der Waals surface area contributed by atoms with Crippen molar-refractivity contribution in [2.24, 2.45) is 4.99 Å². The summed E-state index contributed by atoms with van der Waals surface area (Å²) in [5.74, 6) is 2.41. The third kappa shape index (κ3) is 4.97. The van der Waals surface area contributed by atoms with Crippen LogP contribution >= 0.6 is 0 Å². The minimum absolute atomic E-state index is 0.0829. The van der Waals surface area contributed by atoms with Crippen molar-refractivity contribution in [2.45, 2.75) is 69.5 Å². The average molecular weight is 403 g/mol. The molecule has 2 atom stereocenters. The molecule has 1 aromatic carbocycles. The van der Waals surface area contributed by atoms with Gasteiger partial charge in [0.25, 0.3) is 0 Å². The normalized spacial score (nSPS) is 25.4. The Labute approximate surface area is 176 Å². The number of hydrogen-bond donors (Lipinski definition) is 2. The van der Waals surface area contributed by atoms with Gasteiger partial charge in [-0.3, -0.25) is 4.99 Å². The minimum atomic E-state index is -0.0829. The fraction of sp³-hybridized carbons (Fsp3) is 0.696. The maximum atomic E-state index is 5.48. The highest BCUT2D eigenvalue weighted by atomic mass is 16.5. The first-order valence-electron chi connectivity index (χ1n) is 10.8. The quantitative estimate of drug-likeness (QED) is 0.565. The van der Waals surface area contributed by atoms with Gasteiger partial charge in [-0.25, -0.2) is 0 Å². The number of methoxy groups -OCH3 is 2. The number of ether oxygens (including phenoxy) is 2. The summed E-state index contributed by atoms with van der Waals surface area (Å²) in [5, 5.41) is 7.24. The molecule has 2 unspecified atom stereocenters. The standard InChI is InChI=1S/C23H38N4O2/c1-23(2,16-10-11-20(28-5)21(12-16)29-6)15-25-22(24-3)26-17-13-18-8-7-9-19(14-17)27(18)4/h10-12,17-19H,7-9,13-15H2,1-6H3,(H2,24,25,26). The van der Waals surface area contributed by atoms with Gasteiger partial charge in [0.1, 0.15) is 0 Å². The molecule has 29 heavy (non-hydrogen) atoms. The number of fused-ring (bicyclic) bond motifs is 2. The smallest absolute Gasteiger partial charge is 0.191 e. The van der Waals surface area contributed by atoms with Gasteiger partial charge in [0.2, 0.25) is 0 Å². The summed E-state index contributed by atoms with van der Waals surface area (Å²) >= 11 is 0. The van der Waals surface area contributed by atoms with Gasteiger partial charge in [0.05, 0.1) is 14.2 Å². The number of nitrogens with zero attached hydrogens (tertiary/aromatic N) is 2. The maximum absolute atomic E-state index is 5.48. The van der Waals surface area contributed by atoms with Gasteiger partial charge in [-0.15, -0.1) is 0 Å². The van der Waals surface area contributed by atoms with Gasteiger partial charge >= 0.3 is 0 Å². The van der Waals surface area contributed by atoms with Crippen LogP contribution < -0.4 is 20.1 Å². The van der Waals surface area contributed by atoms with Crippen LogP contribution in [0.3, 0.4) is 0 Å². The third-order valence-electron chi connectivity index (χ3n) is 6.77. The molecule has 0 aliphatic carbocycles. The van der Waals surface area contributed by atoms with Crippen LogP contribution in [-0.2, 0) is 5.41 Å². The Morgan fingerprint density at radius 3 is 2.38 bits per heavy atom. The Morgan fingerprint density at radius 1 is 1.14 bits per heavy atom. The second-order valence-corrected chi connectivity index (χ2v) is 9.10. The lowest BCUT2D eigenvalue weighted by molar-refractivity contribution is 0.0526. The van der Waals surface area contributed by atoms with E-state index in [1.165, 1.54) is 37.7 Å². The van der Waals surface area contributed by atoms with E-state index in [1.54, 1.807) is 14.2 Å². The lowest BCUT2D eigenvalue weighted by Gasteiger charge is -2.47. The van der Waals surface area contributed by atoms with Gasteiger partial charge in [-0.1, -0.05) is 26.3 Å². The third-order valence-corrected chi connectivity index (χ3v) is 6.77. The van der Waals surface area contributed by atoms with E-state index in [-0.39, 0.29) is 5.41 Å². The molecule has 3 rings (SSSR count). The van der Waals surface area contributed by atoms with Crippen molar-refractivity contribution in [3.63, 3.8) is 0 Å². The average Bonchev–Trinajstić information content (AvgIpc) is 2.71. The zero-order valence-corrected chi connectivity index (χ0v) is 18.9. The summed E-state index contributed by atoms with van der Waals surface area (Å²) in [5.41, 5.74) is 1.12. The number of guanidine groups is 1. The van der Waals surface area contributed by atoms with Gasteiger partial charge < -0.3 is 25.0 Å².